The predicted molar refractivity (Wildman–Crippen MR) is 76.6 cm³/mol. The molecule has 1 aliphatic rings. The largest absolute Gasteiger partial charge is 0.490 e. The Morgan fingerprint density at radius 2 is 2.21 bits per heavy atom. The van der Waals surface area contributed by atoms with Crippen LogP contribution in [0, 0.1) is 0 Å². The zero-order chi connectivity index (χ0) is 13.7. The molecule has 1 fully saturated rings. The van der Waals surface area contributed by atoms with Crippen LogP contribution < -0.4 is 10.1 Å². The molecule has 1 aliphatic carbocycles. The number of carbonyl (C=O) groups excluding carboxylic acids is 1. The van der Waals surface area contributed by atoms with Crippen molar-refractivity contribution in [1.82, 2.24) is 5.32 Å². The van der Waals surface area contributed by atoms with Crippen molar-refractivity contribution in [3.8, 4) is 5.75 Å². The Hall–Kier alpha value is -1.07. The van der Waals surface area contributed by atoms with Gasteiger partial charge >= 0.3 is 0 Å². The van der Waals surface area contributed by atoms with E-state index in [1.165, 1.54) is 6.42 Å². The van der Waals surface area contributed by atoms with Gasteiger partial charge in [0.05, 0.1) is 12.2 Å². The molecular formula is C14H18BrNO3. The summed E-state index contributed by atoms with van der Waals surface area (Å²) in [5, 5.41) is 3.02. The van der Waals surface area contributed by atoms with Crippen LogP contribution in [0.4, 0.5) is 0 Å². The van der Waals surface area contributed by atoms with Crippen LogP contribution in [0.2, 0.25) is 0 Å². The fourth-order valence-electron chi connectivity index (χ4n) is 1.85. The lowest BCUT2D eigenvalue weighted by Crippen LogP contribution is -2.39. The van der Waals surface area contributed by atoms with E-state index in [-0.39, 0.29) is 5.91 Å². The van der Waals surface area contributed by atoms with E-state index in [9.17, 15) is 4.79 Å². The fourth-order valence-corrected chi connectivity index (χ4v) is 2.19. The molecule has 1 saturated carbocycles. The minimum absolute atomic E-state index is 0.0652. The average molecular weight is 328 g/mol. The molecule has 0 saturated heterocycles. The molecule has 0 radical (unpaired) electrons. The van der Waals surface area contributed by atoms with Crippen molar-refractivity contribution in [2.45, 2.75) is 25.3 Å². The molecule has 0 unspecified atom stereocenters. The van der Waals surface area contributed by atoms with Crippen molar-refractivity contribution in [2.24, 2.45) is 0 Å². The highest BCUT2D eigenvalue weighted by Crippen LogP contribution is 2.25. The van der Waals surface area contributed by atoms with Crippen LogP contribution in [0.3, 0.4) is 0 Å². The van der Waals surface area contributed by atoms with E-state index in [4.69, 9.17) is 9.47 Å². The molecule has 1 aromatic rings. The van der Waals surface area contributed by atoms with Gasteiger partial charge in [0.25, 0.3) is 5.91 Å². The molecule has 5 heteroatoms. The second-order valence-corrected chi connectivity index (χ2v) is 5.50. The molecule has 0 aromatic heterocycles. The Morgan fingerprint density at radius 3 is 2.84 bits per heavy atom. The third-order valence-corrected chi connectivity index (χ3v) is 3.67. The number of hydrogen-bond donors (Lipinski definition) is 1. The average Bonchev–Trinajstić information content (AvgIpc) is 2.34. The zero-order valence-corrected chi connectivity index (χ0v) is 12.5. The highest BCUT2D eigenvalue weighted by molar-refractivity contribution is 9.10. The van der Waals surface area contributed by atoms with Crippen LogP contribution >= 0.6 is 15.9 Å². The summed E-state index contributed by atoms with van der Waals surface area (Å²) in [6, 6.07) is 5.76. The molecule has 2 rings (SSSR count). The predicted octanol–water partition coefficient (Wildman–Crippen LogP) is 2.76. The number of halogens is 1. The topological polar surface area (TPSA) is 47.6 Å². The van der Waals surface area contributed by atoms with Gasteiger partial charge in [-0.25, -0.2) is 0 Å². The molecule has 0 atom stereocenters. The fraction of sp³-hybridized carbons (Fsp3) is 0.500. The normalized spacial score (nSPS) is 14.8. The number of rotatable bonds is 6. The number of ether oxygens (including phenoxy) is 2. The first kappa shape index (κ1) is 14.3. The van der Waals surface area contributed by atoms with E-state index in [1.54, 1.807) is 13.2 Å². The number of hydrogen-bond acceptors (Lipinski definition) is 3. The maximum Gasteiger partial charge on any atom is 0.255 e. The van der Waals surface area contributed by atoms with Crippen molar-refractivity contribution >= 4 is 21.8 Å². The SMILES string of the molecule is COCCOc1cc(Br)ccc1C(=O)NC1CCC1. The Kier molecular flexibility index (Phi) is 5.22. The molecule has 1 aromatic carbocycles. The molecular weight excluding hydrogens is 310 g/mol. The van der Waals surface area contributed by atoms with Crippen LogP contribution in [0.5, 0.6) is 5.75 Å². The van der Waals surface area contributed by atoms with Gasteiger partial charge in [0.15, 0.2) is 0 Å². The van der Waals surface area contributed by atoms with Crippen LogP contribution in [0.25, 0.3) is 0 Å². The van der Waals surface area contributed by atoms with Gasteiger partial charge in [-0.05, 0) is 37.5 Å². The molecule has 104 valence electrons. The minimum atomic E-state index is -0.0652. The first-order chi connectivity index (χ1) is 9.20. The maximum absolute atomic E-state index is 12.2. The molecule has 0 spiro atoms. The van der Waals surface area contributed by atoms with Crippen molar-refractivity contribution in [2.75, 3.05) is 20.3 Å². The molecule has 4 nitrogen and oxygen atoms in total. The summed E-state index contributed by atoms with van der Waals surface area (Å²) in [7, 11) is 1.62. The molecule has 1 amide bonds. The van der Waals surface area contributed by atoms with Crippen molar-refractivity contribution < 1.29 is 14.3 Å². The molecule has 0 bridgehead atoms. The van der Waals surface area contributed by atoms with Gasteiger partial charge in [-0.2, -0.15) is 0 Å². The molecule has 0 heterocycles. The monoisotopic (exact) mass is 327 g/mol. The zero-order valence-electron chi connectivity index (χ0n) is 10.9. The first-order valence-corrected chi connectivity index (χ1v) is 7.22. The lowest BCUT2D eigenvalue weighted by molar-refractivity contribution is 0.0909. The second-order valence-electron chi connectivity index (χ2n) is 4.58. The smallest absolute Gasteiger partial charge is 0.255 e. The number of carbonyl (C=O) groups is 1. The van der Waals surface area contributed by atoms with E-state index in [2.05, 4.69) is 21.2 Å². The standard InChI is InChI=1S/C14H18BrNO3/c1-18-7-8-19-13-9-10(15)5-6-12(13)14(17)16-11-3-2-4-11/h5-6,9,11H,2-4,7-8H2,1H3,(H,16,17). The molecule has 1 N–H and O–H groups in total. The van der Waals surface area contributed by atoms with E-state index in [0.717, 1.165) is 17.3 Å². The summed E-state index contributed by atoms with van der Waals surface area (Å²) in [5.41, 5.74) is 0.575. The summed E-state index contributed by atoms with van der Waals surface area (Å²) in [6.45, 7) is 0.923. The number of methoxy groups -OCH3 is 1. The lowest BCUT2D eigenvalue weighted by atomic mass is 9.93. The second kappa shape index (κ2) is 6.91. The Labute approximate surface area is 121 Å². The van der Waals surface area contributed by atoms with Crippen LogP contribution in [0.1, 0.15) is 29.6 Å². The third kappa shape index (κ3) is 3.94. The van der Waals surface area contributed by atoms with Gasteiger partial charge in [-0.1, -0.05) is 15.9 Å². The van der Waals surface area contributed by atoms with Gasteiger partial charge in [0.1, 0.15) is 12.4 Å². The van der Waals surface area contributed by atoms with Crippen molar-refractivity contribution in [1.29, 1.82) is 0 Å². The van der Waals surface area contributed by atoms with Crippen molar-refractivity contribution in [3.63, 3.8) is 0 Å². The molecule has 19 heavy (non-hydrogen) atoms. The van der Waals surface area contributed by atoms with Crippen molar-refractivity contribution in [3.05, 3.63) is 28.2 Å². The number of nitrogens with one attached hydrogen (secondary N) is 1. The van der Waals surface area contributed by atoms with E-state index in [1.807, 2.05) is 12.1 Å². The van der Waals surface area contributed by atoms with Gasteiger partial charge < -0.3 is 14.8 Å². The van der Waals surface area contributed by atoms with E-state index in [0.29, 0.717) is 30.6 Å². The summed E-state index contributed by atoms with van der Waals surface area (Å²) in [6.07, 6.45) is 3.34. The quantitative estimate of drug-likeness (QED) is 0.817. The summed E-state index contributed by atoms with van der Waals surface area (Å²) in [5.74, 6) is 0.521. The first-order valence-electron chi connectivity index (χ1n) is 6.43. The van der Waals surface area contributed by atoms with Gasteiger partial charge in [-0.3, -0.25) is 4.79 Å². The highest BCUT2D eigenvalue weighted by Gasteiger charge is 2.22. The summed E-state index contributed by atoms with van der Waals surface area (Å²) in [4.78, 5) is 12.2. The number of benzene rings is 1. The van der Waals surface area contributed by atoms with Gasteiger partial charge in [0, 0.05) is 17.6 Å². The van der Waals surface area contributed by atoms with Gasteiger partial charge in [-0.15, -0.1) is 0 Å². The minimum Gasteiger partial charge on any atom is -0.490 e. The summed E-state index contributed by atoms with van der Waals surface area (Å²) >= 11 is 3.39. The maximum atomic E-state index is 12.2. The third-order valence-electron chi connectivity index (χ3n) is 3.17. The van der Waals surface area contributed by atoms with Gasteiger partial charge in [0.2, 0.25) is 0 Å². The number of amides is 1. The Morgan fingerprint density at radius 1 is 1.42 bits per heavy atom. The van der Waals surface area contributed by atoms with Crippen LogP contribution in [-0.2, 0) is 4.74 Å². The molecule has 0 aliphatic heterocycles. The van der Waals surface area contributed by atoms with E-state index < -0.39 is 0 Å². The van der Waals surface area contributed by atoms with Crippen LogP contribution in [-0.4, -0.2) is 32.3 Å². The van der Waals surface area contributed by atoms with E-state index >= 15 is 0 Å². The Bertz CT molecular complexity index is 446. The summed E-state index contributed by atoms with van der Waals surface area (Å²) < 4.78 is 11.4. The Balaban J connectivity index is 2.06. The van der Waals surface area contributed by atoms with Crippen LogP contribution in [0.15, 0.2) is 22.7 Å². The highest BCUT2D eigenvalue weighted by atomic mass is 79.9. The lowest BCUT2D eigenvalue weighted by Gasteiger charge is -2.26.